The molecule has 0 saturated heterocycles. The van der Waals surface area contributed by atoms with Gasteiger partial charge in [0.15, 0.2) is 5.58 Å². The molecule has 1 heterocycles. The Kier molecular flexibility index (Phi) is 3.46. The van der Waals surface area contributed by atoms with Gasteiger partial charge in [0, 0.05) is 5.54 Å². The number of hydrogen-bond donors (Lipinski definition) is 1. The molecule has 19 heavy (non-hydrogen) atoms. The molecule has 0 aliphatic heterocycles. The fraction of sp³-hybridized carbons (Fsp3) is 0.429. The van der Waals surface area contributed by atoms with E-state index in [2.05, 4.69) is 15.0 Å². The third kappa shape index (κ3) is 3.47. The number of benzene rings is 1. The molecule has 0 fully saturated rings. The van der Waals surface area contributed by atoms with E-state index in [1.165, 1.54) is 7.11 Å². The highest BCUT2D eigenvalue weighted by molar-refractivity contribution is 5.78. The molecule has 2 rings (SSSR count). The Labute approximate surface area is 112 Å². The summed E-state index contributed by atoms with van der Waals surface area (Å²) in [6.07, 6.45) is 0.237. The zero-order valence-corrected chi connectivity index (χ0v) is 11.6. The molecule has 0 spiro atoms. The summed E-state index contributed by atoms with van der Waals surface area (Å²) in [7, 11) is 1.38. The van der Waals surface area contributed by atoms with Crippen molar-refractivity contribution in [1.82, 2.24) is 4.98 Å². The Balaban J connectivity index is 2.26. The van der Waals surface area contributed by atoms with Crippen LogP contribution in [0.1, 0.15) is 26.3 Å². The summed E-state index contributed by atoms with van der Waals surface area (Å²) < 4.78 is 10.2. The van der Waals surface area contributed by atoms with E-state index < -0.39 is 0 Å². The summed E-state index contributed by atoms with van der Waals surface area (Å²) in [6.45, 7) is 6.10. The van der Waals surface area contributed by atoms with E-state index >= 15 is 0 Å². The highest BCUT2D eigenvalue weighted by Crippen LogP contribution is 2.22. The maximum atomic E-state index is 11.2. The first-order chi connectivity index (χ1) is 8.87. The second-order valence-corrected chi connectivity index (χ2v) is 5.45. The van der Waals surface area contributed by atoms with Crippen LogP contribution in [0.15, 0.2) is 22.6 Å². The van der Waals surface area contributed by atoms with E-state index in [1.54, 1.807) is 0 Å². The van der Waals surface area contributed by atoms with Gasteiger partial charge in [-0.05, 0) is 38.5 Å². The number of ether oxygens (including phenoxy) is 1. The second-order valence-electron chi connectivity index (χ2n) is 5.45. The summed E-state index contributed by atoms with van der Waals surface area (Å²) in [5, 5.41) is 3.17. The molecule has 0 saturated carbocycles. The van der Waals surface area contributed by atoms with Gasteiger partial charge < -0.3 is 14.5 Å². The van der Waals surface area contributed by atoms with Crippen LogP contribution in [-0.4, -0.2) is 23.6 Å². The van der Waals surface area contributed by atoms with Crippen molar-refractivity contribution in [2.24, 2.45) is 0 Å². The number of rotatable bonds is 3. The zero-order chi connectivity index (χ0) is 14.0. The monoisotopic (exact) mass is 262 g/mol. The number of oxazole rings is 1. The number of anilines is 1. The van der Waals surface area contributed by atoms with Crippen molar-refractivity contribution in [3.8, 4) is 0 Å². The Morgan fingerprint density at radius 2 is 2.16 bits per heavy atom. The lowest BCUT2D eigenvalue weighted by Gasteiger charge is -2.18. The van der Waals surface area contributed by atoms with Crippen LogP contribution >= 0.6 is 0 Å². The minimum Gasteiger partial charge on any atom is -0.469 e. The molecule has 5 heteroatoms. The van der Waals surface area contributed by atoms with E-state index in [1.807, 2.05) is 39.0 Å². The number of carbonyl (C=O) groups is 1. The molecular formula is C14H18N2O3. The van der Waals surface area contributed by atoms with Gasteiger partial charge in [-0.3, -0.25) is 4.79 Å². The number of aromatic nitrogens is 1. The van der Waals surface area contributed by atoms with Gasteiger partial charge in [0.1, 0.15) is 5.52 Å². The number of carbonyl (C=O) groups excluding carboxylic acids is 1. The van der Waals surface area contributed by atoms with E-state index in [4.69, 9.17) is 4.42 Å². The topological polar surface area (TPSA) is 64.4 Å². The van der Waals surface area contributed by atoms with E-state index in [-0.39, 0.29) is 17.9 Å². The molecule has 0 aliphatic rings. The summed E-state index contributed by atoms with van der Waals surface area (Å²) >= 11 is 0. The fourth-order valence-electron chi connectivity index (χ4n) is 1.70. The van der Waals surface area contributed by atoms with Gasteiger partial charge >= 0.3 is 5.97 Å². The van der Waals surface area contributed by atoms with Crippen molar-refractivity contribution in [3.05, 3.63) is 23.8 Å². The first-order valence-corrected chi connectivity index (χ1v) is 6.12. The molecule has 0 atom stereocenters. The molecule has 0 amide bonds. The van der Waals surface area contributed by atoms with Gasteiger partial charge in [-0.15, -0.1) is 0 Å². The number of fused-ring (bicyclic) bond motifs is 1. The van der Waals surface area contributed by atoms with Gasteiger partial charge in [0.05, 0.1) is 13.5 Å². The minimum absolute atomic E-state index is 0.115. The average Bonchev–Trinajstić information content (AvgIpc) is 2.67. The van der Waals surface area contributed by atoms with Crippen LogP contribution in [0.4, 0.5) is 6.01 Å². The van der Waals surface area contributed by atoms with E-state index in [0.29, 0.717) is 11.6 Å². The van der Waals surface area contributed by atoms with Gasteiger partial charge in [0.2, 0.25) is 0 Å². The minimum atomic E-state index is -0.268. The molecule has 0 radical (unpaired) electrons. The standard InChI is InChI=1S/C14H18N2O3/c1-14(2,3)16-13-15-10-7-9(8-12(17)18-4)5-6-11(10)19-13/h5-7H,8H2,1-4H3,(H,15,16). The van der Waals surface area contributed by atoms with Crippen LogP contribution in [0, 0.1) is 0 Å². The van der Waals surface area contributed by atoms with Crippen LogP contribution < -0.4 is 5.32 Å². The van der Waals surface area contributed by atoms with Crippen molar-refractivity contribution < 1.29 is 13.9 Å². The van der Waals surface area contributed by atoms with Crippen molar-refractivity contribution in [1.29, 1.82) is 0 Å². The predicted molar refractivity (Wildman–Crippen MR) is 73.1 cm³/mol. The Bertz CT molecular complexity index is 596. The lowest BCUT2D eigenvalue weighted by molar-refractivity contribution is -0.139. The van der Waals surface area contributed by atoms with Gasteiger partial charge in [-0.2, -0.15) is 4.98 Å². The second kappa shape index (κ2) is 4.91. The molecule has 1 N–H and O–H groups in total. The molecule has 0 unspecified atom stereocenters. The fourth-order valence-corrected chi connectivity index (χ4v) is 1.70. The van der Waals surface area contributed by atoms with Crippen LogP contribution in [-0.2, 0) is 16.0 Å². The number of methoxy groups -OCH3 is 1. The Morgan fingerprint density at radius 1 is 1.42 bits per heavy atom. The van der Waals surface area contributed by atoms with Crippen molar-refractivity contribution >= 4 is 23.1 Å². The third-order valence-corrected chi connectivity index (χ3v) is 2.51. The quantitative estimate of drug-likeness (QED) is 0.862. The molecule has 2 aromatic rings. The van der Waals surface area contributed by atoms with Crippen LogP contribution in [0.3, 0.4) is 0 Å². The van der Waals surface area contributed by atoms with Gasteiger partial charge in [-0.1, -0.05) is 6.07 Å². The van der Waals surface area contributed by atoms with E-state index in [9.17, 15) is 4.79 Å². The van der Waals surface area contributed by atoms with Crippen molar-refractivity contribution in [2.75, 3.05) is 12.4 Å². The van der Waals surface area contributed by atoms with Gasteiger partial charge in [-0.25, -0.2) is 0 Å². The highest BCUT2D eigenvalue weighted by Gasteiger charge is 2.14. The van der Waals surface area contributed by atoms with Crippen LogP contribution in [0.2, 0.25) is 0 Å². The molecule has 102 valence electrons. The van der Waals surface area contributed by atoms with Crippen LogP contribution in [0.5, 0.6) is 0 Å². The summed E-state index contributed by atoms with van der Waals surface area (Å²) in [4.78, 5) is 15.6. The average molecular weight is 262 g/mol. The number of hydrogen-bond acceptors (Lipinski definition) is 5. The summed E-state index contributed by atoms with van der Waals surface area (Å²) in [5.74, 6) is -0.268. The largest absolute Gasteiger partial charge is 0.469 e. The summed E-state index contributed by atoms with van der Waals surface area (Å²) in [6, 6.07) is 5.97. The normalized spacial score (nSPS) is 11.6. The van der Waals surface area contributed by atoms with Gasteiger partial charge in [0.25, 0.3) is 6.01 Å². The summed E-state index contributed by atoms with van der Waals surface area (Å²) in [5.41, 5.74) is 2.17. The van der Waals surface area contributed by atoms with Crippen molar-refractivity contribution in [3.63, 3.8) is 0 Å². The molecule has 5 nitrogen and oxygen atoms in total. The zero-order valence-electron chi connectivity index (χ0n) is 11.6. The SMILES string of the molecule is COC(=O)Cc1ccc2oc(NC(C)(C)C)nc2c1. The number of nitrogens with zero attached hydrogens (tertiary/aromatic N) is 1. The van der Waals surface area contributed by atoms with Crippen molar-refractivity contribution in [2.45, 2.75) is 32.7 Å². The third-order valence-electron chi connectivity index (χ3n) is 2.51. The molecule has 0 aliphatic carbocycles. The highest BCUT2D eigenvalue weighted by atomic mass is 16.5. The molecule has 0 bridgehead atoms. The molecular weight excluding hydrogens is 244 g/mol. The Morgan fingerprint density at radius 3 is 2.79 bits per heavy atom. The lowest BCUT2D eigenvalue weighted by Crippen LogP contribution is -2.26. The maximum Gasteiger partial charge on any atom is 0.309 e. The van der Waals surface area contributed by atoms with E-state index in [0.717, 1.165) is 11.1 Å². The maximum absolute atomic E-state index is 11.2. The molecule has 1 aromatic heterocycles. The van der Waals surface area contributed by atoms with Crippen LogP contribution in [0.25, 0.3) is 11.1 Å². The smallest absolute Gasteiger partial charge is 0.309 e. The Hall–Kier alpha value is -2.04. The molecule has 1 aromatic carbocycles. The predicted octanol–water partition coefficient (Wildman–Crippen LogP) is 2.75. The first kappa shape index (κ1) is 13.4. The number of esters is 1. The number of nitrogens with one attached hydrogen (secondary N) is 1. The lowest BCUT2D eigenvalue weighted by atomic mass is 10.1. The first-order valence-electron chi connectivity index (χ1n) is 6.12.